The van der Waals surface area contributed by atoms with Gasteiger partial charge < -0.3 is 0 Å². The van der Waals surface area contributed by atoms with E-state index in [0.29, 0.717) is 30.2 Å². The van der Waals surface area contributed by atoms with Gasteiger partial charge in [-0.2, -0.15) is 0 Å². The summed E-state index contributed by atoms with van der Waals surface area (Å²) < 4.78 is 27.4. The summed E-state index contributed by atoms with van der Waals surface area (Å²) in [6, 6.07) is 9.15. The Labute approximate surface area is 164 Å². The van der Waals surface area contributed by atoms with E-state index in [1.54, 1.807) is 23.5 Å². The lowest BCUT2D eigenvalue weighted by Crippen LogP contribution is -2.44. The maximum Gasteiger partial charge on any atom is 0.240 e. The second kappa shape index (κ2) is 8.37. The molecule has 1 aliphatic heterocycles. The van der Waals surface area contributed by atoms with Gasteiger partial charge in [-0.1, -0.05) is 11.6 Å². The molecule has 8 heteroatoms. The third-order valence-corrected chi connectivity index (χ3v) is 7.38. The fraction of sp³-hybridized carbons (Fsp3) is 0.412. The van der Waals surface area contributed by atoms with Gasteiger partial charge in [-0.05, 0) is 61.5 Å². The second-order valence-electron chi connectivity index (χ2n) is 6.13. The number of fused-ring (bicyclic) bond motifs is 1. The molecule has 0 saturated carbocycles. The van der Waals surface area contributed by atoms with E-state index in [2.05, 4.69) is 34.9 Å². The molecule has 0 radical (unpaired) electrons. The molecule has 0 spiro atoms. The Morgan fingerprint density at radius 1 is 1.24 bits per heavy atom. The Morgan fingerprint density at radius 2 is 1.92 bits per heavy atom. The molecule has 0 aliphatic carbocycles. The SMILES string of the molecule is C[C@@H]1Cc2ccsc2[C@H](C)N1CCNS(=O)(=O)c1ccc(Cl)cc1.Cl. The predicted octanol–water partition coefficient (Wildman–Crippen LogP) is 4.11. The van der Waals surface area contributed by atoms with Crippen LogP contribution in [0, 0.1) is 0 Å². The number of rotatable bonds is 5. The van der Waals surface area contributed by atoms with Crippen LogP contribution in [-0.4, -0.2) is 32.4 Å². The standard InChI is InChI=1S/C17H21ClN2O2S2.ClH/c1-12-11-14-7-10-23-17(14)13(2)20(12)9-8-19-24(21,22)16-5-3-15(18)4-6-16;/h3-7,10,12-13,19H,8-9,11H2,1-2H3;1H/t12-,13+;/m1./s1. The van der Waals surface area contributed by atoms with Gasteiger partial charge in [0.15, 0.2) is 0 Å². The van der Waals surface area contributed by atoms with Crippen LogP contribution in [0.15, 0.2) is 40.6 Å². The first-order chi connectivity index (χ1) is 11.4. The number of sulfonamides is 1. The fourth-order valence-corrected chi connectivity index (χ4v) is 5.43. The highest BCUT2D eigenvalue weighted by Crippen LogP contribution is 2.35. The van der Waals surface area contributed by atoms with Crippen LogP contribution in [0.25, 0.3) is 0 Å². The van der Waals surface area contributed by atoms with Crippen LogP contribution < -0.4 is 4.72 Å². The molecule has 2 heterocycles. The molecule has 2 atom stereocenters. The summed E-state index contributed by atoms with van der Waals surface area (Å²) in [4.78, 5) is 4.00. The molecule has 0 unspecified atom stereocenters. The number of hydrogen-bond donors (Lipinski definition) is 1. The Bertz CT molecular complexity index is 806. The minimum absolute atomic E-state index is 0. The molecule has 3 rings (SSSR count). The Hall–Kier alpha value is -0.630. The van der Waals surface area contributed by atoms with Crippen LogP contribution in [0.2, 0.25) is 5.02 Å². The van der Waals surface area contributed by atoms with Crippen LogP contribution in [0.1, 0.15) is 30.3 Å². The van der Waals surface area contributed by atoms with Gasteiger partial charge in [0.2, 0.25) is 10.0 Å². The van der Waals surface area contributed by atoms with E-state index in [1.807, 2.05) is 0 Å². The lowest BCUT2D eigenvalue weighted by atomic mass is 9.97. The molecule has 0 bridgehead atoms. The number of thiophene rings is 1. The quantitative estimate of drug-likeness (QED) is 0.791. The van der Waals surface area contributed by atoms with Gasteiger partial charge in [0.1, 0.15) is 0 Å². The molecule has 1 N–H and O–H groups in total. The van der Waals surface area contributed by atoms with Gasteiger partial charge in [0.05, 0.1) is 4.90 Å². The molecular weight excluding hydrogens is 399 g/mol. The summed E-state index contributed by atoms with van der Waals surface area (Å²) in [6.07, 6.45) is 1.02. The van der Waals surface area contributed by atoms with Crippen molar-refractivity contribution < 1.29 is 8.42 Å². The molecule has 138 valence electrons. The van der Waals surface area contributed by atoms with E-state index in [4.69, 9.17) is 11.6 Å². The highest BCUT2D eigenvalue weighted by Gasteiger charge is 2.29. The highest BCUT2D eigenvalue weighted by atomic mass is 35.5. The van der Waals surface area contributed by atoms with E-state index in [1.165, 1.54) is 22.6 Å². The third-order valence-electron chi connectivity index (χ3n) is 4.53. The summed E-state index contributed by atoms with van der Waals surface area (Å²) in [5.74, 6) is 0. The molecule has 2 aromatic rings. The Kier molecular flexibility index (Phi) is 6.93. The number of nitrogens with zero attached hydrogens (tertiary/aromatic N) is 1. The zero-order valence-corrected chi connectivity index (χ0v) is 17.3. The molecule has 1 aromatic carbocycles. The van der Waals surface area contributed by atoms with Crippen LogP contribution in [-0.2, 0) is 16.4 Å². The monoisotopic (exact) mass is 420 g/mol. The van der Waals surface area contributed by atoms with Crippen molar-refractivity contribution in [2.24, 2.45) is 0 Å². The maximum absolute atomic E-state index is 12.3. The molecule has 0 amide bonds. The van der Waals surface area contributed by atoms with Crippen LogP contribution in [0.5, 0.6) is 0 Å². The molecule has 0 fully saturated rings. The Balaban J connectivity index is 0.00000225. The van der Waals surface area contributed by atoms with E-state index >= 15 is 0 Å². The molecule has 1 aliphatic rings. The zero-order valence-electron chi connectivity index (χ0n) is 14.1. The minimum atomic E-state index is -3.50. The average Bonchev–Trinajstić information content (AvgIpc) is 2.99. The Morgan fingerprint density at radius 3 is 2.60 bits per heavy atom. The minimum Gasteiger partial charge on any atom is -0.291 e. The predicted molar refractivity (Wildman–Crippen MR) is 106 cm³/mol. The summed E-state index contributed by atoms with van der Waals surface area (Å²) in [5, 5.41) is 2.66. The van der Waals surface area contributed by atoms with E-state index < -0.39 is 10.0 Å². The summed E-state index contributed by atoms with van der Waals surface area (Å²) in [6.45, 7) is 5.47. The van der Waals surface area contributed by atoms with Crippen LogP contribution in [0.4, 0.5) is 0 Å². The van der Waals surface area contributed by atoms with E-state index in [0.717, 1.165) is 6.42 Å². The van der Waals surface area contributed by atoms with Crippen LogP contribution >= 0.6 is 35.3 Å². The molecule has 0 saturated heterocycles. The maximum atomic E-state index is 12.3. The molecule has 1 aromatic heterocycles. The van der Waals surface area contributed by atoms with Crippen molar-refractivity contribution in [2.45, 2.75) is 37.2 Å². The van der Waals surface area contributed by atoms with Crippen molar-refractivity contribution >= 4 is 45.4 Å². The molecular formula is C17H22Cl2N2O2S2. The van der Waals surface area contributed by atoms with Crippen molar-refractivity contribution in [3.63, 3.8) is 0 Å². The highest BCUT2D eigenvalue weighted by molar-refractivity contribution is 7.89. The topological polar surface area (TPSA) is 49.4 Å². The van der Waals surface area contributed by atoms with Gasteiger partial charge in [-0.15, -0.1) is 23.7 Å². The third kappa shape index (κ3) is 4.56. The van der Waals surface area contributed by atoms with Crippen molar-refractivity contribution in [2.75, 3.05) is 13.1 Å². The van der Waals surface area contributed by atoms with E-state index in [9.17, 15) is 8.42 Å². The normalized spacial score (nSPS) is 20.8. The number of nitrogens with one attached hydrogen (secondary N) is 1. The zero-order chi connectivity index (χ0) is 17.3. The number of hydrogen-bond acceptors (Lipinski definition) is 4. The van der Waals surface area contributed by atoms with Crippen molar-refractivity contribution in [1.29, 1.82) is 0 Å². The van der Waals surface area contributed by atoms with Crippen molar-refractivity contribution in [3.05, 3.63) is 51.2 Å². The van der Waals surface area contributed by atoms with Gasteiger partial charge in [0.25, 0.3) is 0 Å². The van der Waals surface area contributed by atoms with Gasteiger partial charge >= 0.3 is 0 Å². The fourth-order valence-electron chi connectivity index (χ4n) is 3.27. The molecule has 4 nitrogen and oxygen atoms in total. The van der Waals surface area contributed by atoms with E-state index in [-0.39, 0.29) is 17.3 Å². The van der Waals surface area contributed by atoms with Crippen LogP contribution in [0.3, 0.4) is 0 Å². The molecule has 25 heavy (non-hydrogen) atoms. The smallest absolute Gasteiger partial charge is 0.240 e. The first-order valence-corrected chi connectivity index (χ1v) is 10.7. The number of halogens is 2. The number of benzene rings is 1. The summed E-state index contributed by atoms with van der Waals surface area (Å²) in [5.41, 5.74) is 1.43. The van der Waals surface area contributed by atoms with Gasteiger partial charge in [0, 0.05) is 35.1 Å². The van der Waals surface area contributed by atoms with Crippen molar-refractivity contribution in [1.82, 2.24) is 9.62 Å². The largest absolute Gasteiger partial charge is 0.291 e. The lowest BCUT2D eigenvalue weighted by Gasteiger charge is -2.38. The summed E-state index contributed by atoms with van der Waals surface area (Å²) >= 11 is 7.59. The summed E-state index contributed by atoms with van der Waals surface area (Å²) in [7, 11) is -3.50. The van der Waals surface area contributed by atoms with Gasteiger partial charge in [-0.25, -0.2) is 13.1 Å². The second-order valence-corrected chi connectivity index (χ2v) is 9.28. The average molecular weight is 421 g/mol. The lowest BCUT2D eigenvalue weighted by molar-refractivity contribution is 0.145. The van der Waals surface area contributed by atoms with Gasteiger partial charge in [-0.3, -0.25) is 4.90 Å². The first kappa shape index (κ1) is 20.7. The van der Waals surface area contributed by atoms with Crippen molar-refractivity contribution in [3.8, 4) is 0 Å². The first-order valence-electron chi connectivity index (χ1n) is 7.96.